The fraction of sp³-hybridized carbons (Fsp3) is 0.538. The standard InChI is InChI=1S/C13H21NO3/c1-9(15)10(2)17-12-6-5-11(8-14-3)7-13(12)16-4/h5-7,9-10,14-15H,8H2,1-4H3. The molecule has 0 saturated heterocycles. The number of hydrogen-bond donors (Lipinski definition) is 2. The molecule has 1 aromatic rings. The zero-order valence-corrected chi connectivity index (χ0v) is 10.9. The number of nitrogens with one attached hydrogen (secondary N) is 1. The van der Waals surface area contributed by atoms with E-state index >= 15 is 0 Å². The van der Waals surface area contributed by atoms with Crippen molar-refractivity contribution in [2.24, 2.45) is 0 Å². The molecule has 17 heavy (non-hydrogen) atoms. The number of aliphatic hydroxyl groups is 1. The first-order valence-corrected chi connectivity index (χ1v) is 5.74. The molecule has 0 radical (unpaired) electrons. The normalized spacial score (nSPS) is 14.2. The number of hydrogen-bond acceptors (Lipinski definition) is 4. The first-order valence-electron chi connectivity index (χ1n) is 5.74. The third kappa shape index (κ3) is 3.91. The third-order valence-corrected chi connectivity index (χ3v) is 2.60. The van der Waals surface area contributed by atoms with Crippen LogP contribution in [0, 0.1) is 0 Å². The number of aliphatic hydroxyl groups excluding tert-OH is 1. The SMILES string of the molecule is CNCc1ccc(OC(C)C(C)O)c(OC)c1. The summed E-state index contributed by atoms with van der Waals surface area (Å²) >= 11 is 0. The second kappa shape index (κ2) is 6.47. The molecule has 0 heterocycles. The number of ether oxygens (including phenoxy) is 2. The van der Waals surface area contributed by atoms with Crippen molar-refractivity contribution in [3.8, 4) is 11.5 Å². The third-order valence-electron chi connectivity index (χ3n) is 2.60. The number of rotatable bonds is 6. The molecular formula is C13H21NO3. The Balaban J connectivity index is 2.85. The monoisotopic (exact) mass is 239 g/mol. The number of methoxy groups -OCH3 is 1. The molecule has 1 aromatic carbocycles. The summed E-state index contributed by atoms with van der Waals surface area (Å²) in [6, 6.07) is 5.77. The lowest BCUT2D eigenvalue weighted by Gasteiger charge is -2.19. The summed E-state index contributed by atoms with van der Waals surface area (Å²) in [6.45, 7) is 4.31. The van der Waals surface area contributed by atoms with E-state index < -0.39 is 6.10 Å². The first-order chi connectivity index (χ1) is 8.08. The maximum atomic E-state index is 9.41. The second-order valence-electron chi connectivity index (χ2n) is 4.08. The molecular weight excluding hydrogens is 218 g/mol. The first kappa shape index (κ1) is 13.8. The Bertz CT molecular complexity index is 353. The second-order valence-corrected chi connectivity index (χ2v) is 4.08. The van der Waals surface area contributed by atoms with Crippen molar-refractivity contribution in [3.05, 3.63) is 23.8 Å². The van der Waals surface area contributed by atoms with Gasteiger partial charge in [-0.05, 0) is 38.6 Å². The Hall–Kier alpha value is -1.26. The van der Waals surface area contributed by atoms with Gasteiger partial charge in [0.1, 0.15) is 6.10 Å². The van der Waals surface area contributed by atoms with Crippen LogP contribution >= 0.6 is 0 Å². The van der Waals surface area contributed by atoms with Crippen LogP contribution in [0.5, 0.6) is 11.5 Å². The van der Waals surface area contributed by atoms with Gasteiger partial charge in [0.2, 0.25) is 0 Å². The quantitative estimate of drug-likeness (QED) is 0.791. The van der Waals surface area contributed by atoms with E-state index in [1.54, 1.807) is 14.0 Å². The molecule has 0 fully saturated rings. The Morgan fingerprint density at radius 3 is 2.53 bits per heavy atom. The van der Waals surface area contributed by atoms with Gasteiger partial charge in [0.25, 0.3) is 0 Å². The fourth-order valence-electron chi connectivity index (χ4n) is 1.42. The van der Waals surface area contributed by atoms with Gasteiger partial charge < -0.3 is 19.9 Å². The maximum Gasteiger partial charge on any atom is 0.161 e. The fourth-order valence-corrected chi connectivity index (χ4v) is 1.42. The summed E-state index contributed by atoms with van der Waals surface area (Å²) in [7, 11) is 3.50. The highest BCUT2D eigenvalue weighted by Crippen LogP contribution is 2.29. The van der Waals surface area contributed by atoms with E-state index in [-0.39, 0.29) is 6.10 Å². The molecule has 0 amide bonds. The van der Waals surface area contributed by atoms with Crippen LogP contribution in [0.15, 0.2) is 18.2 Å². The van der Waals surface area contributed by atoms with Crippen LogP contribution in [0.25, 0.3) is 0 Å². The zero-order chi connectivity index (χ0) is 12.8. The van der Waals surface area contributed by atoms with Crippen molar-refractivity contribution in [2.45, 2.75) is 32.6 Å². The van der Waals surface area contributed by atoms with Gasteiger partial charge in [0, 0.05) is 6.54 Å². The highest BCUT2D eigenvalue weighted by molar-refractivity contribution is 5.43. The van der Waals surface area contributed by atoms with E-state index in [4.69, 9.17) is 9.47 Å². The van der Waals surface area contributed by atoms with Crippen molar-refractivity contribution >= 4 is 0 Å². The van der Waals surface area contributed by atoms with Crippen molar-refractivity contribution in [3.63, 3.8) is 0 Å². The van der Waals surface area contributed by atoms with Gasteiger partial charge in [-0.3, -0.25) is 0 Å². The van der Waals surface area contributed by atoms with E-state index in [0.717, 1.165) is 12.1 Å². The minimum Gasteiger partial charge on any atom is -0.493 e. The molecule has 0 aliphatic carbocycles. The highest BCUT2D eigenvalue weighted by atomic mass is 16.5. The predicted octanol–water partition coefficient (Wildman–Crippen LogP) is 1.56. The molecule has 4 nitrogen and oxygen atoms in total. The van der Waals surface area contributed by atoms with Crippen LogP contribution in [-0.2, 0) is 6.54 Å². The molecule has 1 rings (SSSR count). The van der Waals surface area contributed by atoms with Crippen molar-refractivity contribution < 1.29 is 14.6 Å². The Morgan fingerprint density at radius 2 is 2.00 bits per heavy atom. The minimum absolute atomic E-state index is 0.265. The predicted molar refractivity (Wildman–Crippen MR) is 67.5 cm³/mol. The van der Waals surface area contributed by atoms with Gasteiger partial charge in [0.05, 0.1) is 13.2 Å². The van der Waals surface area contributed by atoms with Gasteiger partial charge in [-0.1, -0.05) is 6.07 Å². The van der Waals surface area contributed by atoms with Crippen molar-refractivity contribution in [1.82, 2.24) is 5.32 Å². The van der Waals surface area contributed by atoms with Crippen molar-refractivity contribution in [2.75, 3.05) is 14.2 Å². The van der Waals surface area contributed by atoms with Gasteiger partial charge in [-0.2, -0.15) is 0 Å². The molecule has 2 atom stereocenters. The maximum absolute atomic E-state index is 9.41. The topological polar surface area (TPSA) is 50.7 Å². The molecule has 96 valence electrons. The van der Waals surface area contributed by atoms with Crippen LogP contribution in [0.3, 0.4) is 0 Å². The molecule has 2 unspecified atom stereocenters. The summed E-state index contributed by atoms with van der Waals surface area (Å²) < 4.78 is 10.9. The van der Waals surface area contributed by atoms with Gasteiger partial charge >= 0.3 is 0 Å². The molecule has 4 heteroatoms. The van der Waals surface area contributed by atoms with E-state index in [1.165, 1.54) is 0 Å². The summed E-state index contributed by atoms with van der Waals surface area (Å²) in [5.74, 6) is 1.34. The van der Waals surface area contributed by atoms with Gasteiger partial charge in [0.15, 0.2) is 11.5 Å². The largest absolute Gasteiger partial charge is 0.493 e. The van der Waals surface area contributed by atoms with Gasteiger partial charge in [-0.15, -0.1) is 0 Å². The summed E-state index contributed by atoms with van der Waals surface area (Å²) in [4.78, 5) is 0. The van der Waals surface area contributed by atoms with E-state index in [1.807, 2.05) is 32.2 Å². The molecule has 2 N–H and O–H groups in total. The molecule has 0 spiro atoms. The van der Waals surface area contributed by atoms with E-state index in [9.17, 15) is 5.11 Å². The zero-order valence-electron chi connectivity index (χ0n) is 10.9. The van der Waals surface area contributed by atoms with Crippen molar-refractivity contribution in [1.29, 1.82) is 0 Å². The average molecular weight is 239 g/mol. The molecule has 0 aliphatic heterocycles. The Labute approximate surface area is 103 Å². The van der Waals surface area contributed by atoms with Crippen LogP contribution in [-0.4, -0.2) is 31.5 Å². The van der Waals surface area contributed by atoms with E-state index in [2.05, 4.69) is 5.32 Å². The smallest absolute Gasteiger partial charge is 0.161 e. The molecule has 0 bridgehead atoms. The molecule has 0 aromatic heterocycles. The Morgan fingerprint density at radius 1 is 1.29 bits per heavy atom. The lowest BCUT2D eigenvalue weighted by molar-refractivity contribution is 0.0586. The lowest BCUT2D eigenvalue weighted by atomic mass is 10.2. The highest BCUT2D eigenvalue weighted by Gasteiger charge is 2.13. The van der Waals surface area contributed by atoms with Crippen LogP contribution in [0.2, 0.25) is 0 Å². The molecule has 0 aliphatic rings. The van der Waals surface area contributed by atoms with Gasteiger partial charge in [-0.25, -0.2) is 0 Å². The average Bonchev–Trinajstić information content (AvgIpc) is 2.31. The Kier molecular flexibility index (Phi) is 5.25. The van der Waals surface area contributed by atoms with E-state index in [0.29, 0.717) is 11.5 Å². The van der Waals surface area contributed by atoms with Crippen LogP contribution < -0.4 is 14.8 Å². The minimum atomic E-state index is -0.517. The lowest BCUT2D eigenvalue weighted by Crippen LogP contribution is -2.25. The van der Waals surface area contributed by atoms with Crippen LogP contribution in [0.1, 0.15) is 19.4 Å². The molecule has 0 saturated carbocycles. The number of benzene rings is 1. The summed E-state index contributed by atoms with van der Waals surface area (Å²) in [5.41, 5.74) is 1.13. The summed E-state index contributed by atoms with van der Waals surface area (Å²) in [5, 5.41) is 12.5. The summed E-state index contributed by atoms with van der Waals surface area (Å²) in [6.07, 6.45) is -0.782. The van der Waals surface area contributed by atoms with Crippen LogP contribution in [0.4, 0.5) is 0 Å².